The fraction of sp³-hybridized carbons (Fsp3) is 0.684. The molecule has 0 spiro atoms. The molecule has 160 valence electrons. The summed E-state index contributed by atoms with van der Waals surface area (Å²) in [4.78, 5) is 18.8. The smallest absolute Gasteiger partial charge is 0.407 e. The number of aliphatic imine (C=N–C) groups is 1. The van der Waals surface area contributed by atoms with E-state index in [1.165, 1.54) is 0 Å². The molecule has 1 aliphatic heterocycles. The first-order chi connectivity index (χ1) is 12.9. The van der Waals surface area contributed by atoms with E-state index >= 15 is 0 Å². The van der Waals surface area contributed by atoms with Crippen LogP contribution in [0.4, 0.5) is 4.79 Å². The highest BCUT2D eigenvalue weighted by Crippen LogP contribution is 2.12. The van der Waals surface area contributed by atoms with Crippen LogP contribution in [-0.2, 0) is 15.9 Å². The number of carbonyl (C=O) groups excluding carboxylic acids is 1. The molecule has 1 saturated heterocycles. The van der Waals surface area contributed by atoms with Gasteiger partial charge in [-0.3, -0.25) is 4.99 Å². The number of halogens is 1. The molecule has 1 aromatic heterocycles. The minimum atomic E-state index is -0.497. The van der Waals surface area contributed by atoms with E-state index in [1.54, 1.807) is 13.4 Å². The lowest BCUT2D eigenvalue weighted by molar-refractivity contribution is 0.0507. The van der Waals surface area contributed by atoms with Crippen LogP contribution in [0.15, 0.2) is 27.8 Å². The van der Waals surface area contributed by atoms with Gasteiger partial charge in [0.1, 0.15) is 11.4 Å². The van der Waals surface area contributed by atoms with Gasteiger partial charge < -0.3 is 29.4 Å². The summed E-state index contributed by atoms with van der Waals surface area (Å²) in [5.74, 6) is 1.76. The maximum atomic E-state index is 12.0. The summed E-state index contributed by atoms with van der Waals surface area (Å²) in [6.45, 7) is 8.96. The topological polar surface area (TPSA) is 88.3 Å². The average Bonchev–Trinajstić information content (AvgIpc) is 3.23. The van der Waals surface area contributed by atoms with E-state index in [-0.39, 0.29) is 36.1 Å². The van der Waals surface area contributed by atoms with E-state index in [2.05, 4.69) is 20.5 Å². The number of hydrogen-bond acceptors (Lipinski definition) is 5. The van der Waals surface area contributed by atoms with Crippen LogP contribution in [0.3, 0.4) is 0 Å². The molecule has 1 unspecified atom stereocenters. The third kappa shape index (κ3) is 9.13. The standard InChI is InChI=1S/C19H32N4O4.HI/c1-19(2,3)27-18(24)22-15-8-11-23(14-15)17(21-10-13-25-4)20-9-7-16-6-5-12-26-16;/h5-6,12,15H,7-11,13-14H2,1-4H3,(H,20,21)(H,22,24);1H. The molecule has 2 N–H and O–H groups in total. The molecule has 0 radical (unpaired) electrons. The van der Waals surface area contributed by atoms with Crippen molar-refractivity contribution < 1.29 is 18.7 Å². The lowest BCUT2D eigenvalue weighted by atomic mass is 10.2. The molecule has 1 atom stereocenters. The second kappa shape index (κ2) is 12.2. The molecule has 9 heteroatoms. The number of ether oxygens (including phenoxy) is 2. The minimum Gasteiger partial charge on any atom is -0.469 e. The number of nitrogens with one attached hydrogen (secondary N) is 2. The van der Waals surface area contributed by atoms with E-state index in [1.807, 2.05) is 32.9 Å². The molecule has 2 rings (SSSR count). The molecule has 0 aromatic carbocycles. The summed E-state index contributed by atoms with van der Waals surface area (Å²) in [7, 11) is 1.66. The number of methoxy groups -OCH3 is 1. The van der Waals surface area contributed by atoms with Gasteiger partial charge in [-0.05, 0) is 39.3 Å². The van der Waals surface area contributed by atoms with Crippen LogP contribution < -0.4 is 10.6 Å². The van der Waals surface area contributed by atoms with Crippen LogP contribution in [0.2, 0.25) is 0 Å². The predicted molar refractivity (Wildman–Crippen MR) is 119 cm³/mol. The van der Waals surface area contributed by atoms with Gasteiger partial charge in [0.05, 0.1) is 25.5 Å². The molecule has 0 aliphatic carbocycles. The number of guanidine groups is 1. The average molecular weight is 508 g/mol. The zero-order chi connectivity index (χ0) is 19.7. The summed E-state index contributed by atoms with van der Waals surface area (Å²) in [5, 5.41) is 6.33. The zero-order valence-electron chi connectivity index (χ0n) is 17.2. The summed E-state index contributed by atoms with van der Waals surface area (Å²) < 4.78 is 15.8. The van der Waals surface area contributed by atoms with E-state index < -0.39 is 5.60 Å². The van der Waals surface area contributed by atoms with Gasteiger partial charge in [-0.15, -0.1) is 24.0 Å². The Hall–Kier alpha value is -1.49. The summed E-state index contributed by atoms with van der Waals surface area (Å²) in [6.07, 6.45) is 2.93. The van der Waals surface area contributed by atoms with Crippen molar-refractivity contribution in [3.63, 3.8) is 0 Å². The van der Waals surface area contributed by atoms with Gasteiger partial charge in [-0.1, -0.05) is 0 Å². The van der Waals surface area contributed by atoms with Gasteiger partial charge in [0, 0.05) is 33.2 Å². The molecule has 8 nitrogen and oxygen atoms in total. The van der Waals surface area contributed by atoms with E-state index in [4.69, 9.17) is 13.9 Å². The Bertz CT molecular complexity index is 602. The summed E-state index contributed by atoms with van der Waals surface area (Å²) in [5.41, 5.74) is -0.497. The largest absolute Gasteiger partial charge is 0.469 e. The fourth-order valence-electron chi connectivity index (χ4n) is 2.81. The first-order valence-corrected chi connectivity index (χ1v) is 9.41. The number of alkyl carbamates (subject to hydrolysis) is 1. The monoisotopic (exact) mass is 508 g/mol. The molecule has 0 saturated carbocycles. The SMILES string of the molecule is COCCN=C(NCCc1ccco1)N1CCC(NC(=O)OC(C)(C)C)C1.I. The quantitative estimate of drug-likeness (QED) is 0.255. The third-order valence-corrected chi connectivity index (χ3v) is 4.00. The van der Waals surface area contributed by atoms with Crippen molar-refractivity contribution in [1.29, 1.82) is 0 Å². The second-order valence-electron chi connectivity index (χ2n) is 7.53. The second-order valence-corrected chi connectivity index (χ2v) is 7.53. The number of amides is 1. The first-order valence-electron chi connectivity index (χ1n) is 9.41. The molecule has 1 aromatic rings. The van der Waals surface area contributed by atoms with Crippen LogP contribution in [0.1, 0.15) is 33.0 Å². The highest BCUT2D eigenvalue weighted by atomic mass is 127. The maximum absolute atomic E-state index is 12.0. The molecule has 1 amide bonds. The lowest BCUT2D eigenvalue weighted by Gasteiger charge is -2.23. The first kappa shape index (κ1) is 24.5. The van der Waals surface area contributed by atoms with Crippen molar-refractivity contribution in [2.24, 2.45) is 4.99 Å². The molecular formula is C19H33IN4O4. The molecule has 0 bridgehead atoms. The number of likely N-dealkylation sites (tertiary alicyclic amines) is 1. The normalized spacial score (nSPS) is 17.2. The van der Waals surface area contributed by atoms with Gasteiger partial charge in [0.15, 0.2) is 5.96 Å². The van der Waals surface area contributed by atoms with Crippen molar-refractivity contribution in [1.82, 2.24) is 15.5 Å². The number of hydrogen-bond donors (Lipinski definition) is 2. The Morgan fingerprint density at radius 2 is 2.21 bits per heavy atom. The number of nitrogens with zero attached hydrogens (tertiary/aromatic N) is 2. The van der Waals surface area contributed by atoms with Crippen molar-refractivity contribution in [3.8, 4) is 0 Å². The van der Waals surface area contributed by atoms with E-state index in [0.29, 0.717) is 19.7 Å². The summed E-state index contributed by atoms with van der Waals surface area (Å²) >= 11 is 0. The van der Waals surface area contributed by atoms with Crippen molar-refractivity contribution >= 4 is 36.0 Å². The van der Waals surface area contributed by atoms with Gasteiger partial charge in [-0.2, -0.15) is 0 Å². The Balaban J connectivity index is 0.00000392. The molecule has 1 fully saturated rings. The number of rotatable bonds is 7. The van der Waals surface area contributed by atoms with Crippen molar-refractivity contribution in [2.75, 3.05) is 39.9 Å². The molecule has 1 aliphatic rings. The zero-order valence-corrected chi connectivity index (χ0v) is 19.5. The highest BCUT2D eigenvalue weighted by molar-refractivity contribution is 14.0. The van der Waals surface area contributed by atoms with Gasteiger partial charge in [0.2, 0.25) is 0 Å². The van der Waals surface area contributed by atoms with Crippen molar-refractivity contribution in [2.45, 2.75) is 45.3 Å². The highest BCUT2D eigenvalue weighted by Gasteiger charge is 2.27. The molecule has 2 heterocycles. The van der Waals surface area contributed by atoms with Crippen LogP contribution in [0, 0.1) is 0 Å². The van der Waals surface area contributed by atoms with E-state index in [0.717, 1.165) is 37.7 Å². The Labute approximate surface area is 184 Å². The summed E-state index contributed by atoms with van der Waals surface area (Å²) in [6, 6.07) is 3.88. The van der Waals surface area contributed by atoms with Gasteiger partial charge in [-0.25, -0.2) is 4.79 Å². The van der Waals surface area contributed by atoms with Crippen LogP contribution in [0.5, 0.6) is 0 Å². The van der Waals surface area contributed by atoms with E-state index in [9.17, 15) is 4.79 Å². The Morgan fingerprint density at radius 3 is 2.86 bits per heavy atom. The number of furan rings is 1. The maximum Gasteiger partial charge on any atom is 0.407 e. The Morgan fingerprint density at radius 1 is 1.43 bits per heavy atom. The fourth-order valence-corrected chi connectivity index (χ4v) is 2.81. The van der Waals surface area contributed by atoms with Crippen molar-refractivity contribution in [3.05, 3.63) is 24.2 Å². The lowest BCUT2D eigenvalue weighted by Crippen LogP contribution is -2.44. The van der Waals surface area contributed by atoms with Gasteiger partial charge >= 0.3 is 6.09 Å². The predicted octanol–water partition coefficient (Wildman–Crippen LogP) is 2.63. The molecule has 28 heavy (non-hydrogen) atoms. The molecular weight excluding hydrogens is 475 g/mol. The van der Waals surface area contributed by atoms with Gasteiger partial charge in [0.25, 0.3) is 0 Å². The van der Waals surface area contributed by atoms with Crippen LogP contribution >= 0.6 is 24.0 Å². The third-order valence-electron chi connectivity index (χ3n) is 4.00. The minimum absolute atomic E-state index is 0. The van der Waals surface area contributed by atoms with Crippen LogP contribution in [0.25, 0.3) is 0 Å². The van der Waals surface area contributed by atoms with Crippen LogP contribution in [-0.4, -0.2) is 68.5 Å². The number of carbonyl (C=O) groups is 1. The Kier molecular flexibility index (Phi) is 10.7.